The van der Waals surface area contributed by atoms with E-state index >= 15 is 0 Å². The maximum atomic E-state index is 9.04. The number of aliphatic hydroxyl groups is 1. The SMILES string of the molecule is CO[C@H](CO)COc1cccc(OCc2ccccc2)c1. The zero-order chi connectivity index (χ0) is 14.9. The zero-order valence-electron chi connectivity index (χ0n) is 12.1. The number of rotatable bonds is 8. The Balaban J connectivity index is 1.88. The molecule has 0 fully saturated rings. The van der Waals surface area contributed by atoms with Gasteiger partial charge in [-0.15, -0.1) is 0 Å². The van der Waals surface area contributed by atoms with Gasteiger partial charge in [0.2, 0.25) is 0 Å². The predicted octanol–water partition coefficient (Wildman–Crippen LogP) is 2.65. The van der Waals surface area contributed by atoms with Crippen molar-refractivity contribution in [1.29, 1.82) is 0 Å². The van der Waals surface area contributed by atoms with Crippen LogP contribution < -0.4 is 9.47 Å². The van der Waals surface area contributed by atoms with Crippen LogP contribution in [0.5, 0.6) is 11.5 Å². The number of aliphatic hydroxyl groups excluding tert-OH is 1. The summed E-state index contributed by atoms with van der Waals surface area (Å²) in [6.07, 6.45) is -0.320. The Morgan fingerprint density at radius 2 is 1.67 bits per heavy atom. The average Bonchev–Trinajstić information content (AvgIpc) is 2.55. The molecule has 2 aromatic carbocycles. The molecule has 0 aliphatic rings. The van der Waals surface area contributed by atoms with E-state index in [2.05, 4.69) is 0 Å². The molecule has 1 N–H and O–H groups in total. The summed E-state index contributed by atoms with van der Waals surface area (Å²) < 4.78 is 16.4. The van der Waals surface area contributed by atoms with Gasteiger partial charge >= 0.3 is 0 Å². The molecular formula is C17H20O4. The summed E-state index contributed by atoms with van der Waals surface area (Å²) in [5.41, 5.74) is 1.11. The first-order chi connectivity index (χ1) is 10.3. The molecule has 2 aromatic rings. The molecule has 0 saturated carbocycles. The Labute approximate surface area is 124 Å². The van der Waals surface area contributed by atoms with Crippen molar-refractivity contribution in [2.75, 3.05) is 20.3 Å². The fourth-order valence-corrected chi connectivity index (χ4v) is 1.78. The van der Waals surface area contributed by atoms with Crippen molar-refractivity contribution in [3.63, 3.8) is 0 Å². The smallest absolute Gasteiger partial charge is 0.123 e. The molecule has 1 atom stereocenters. The van der Waals surface area contributed by atoms with E-state index in [9.17, 15) is 0 Å². The van der Waals surface area contributed by atoms with Gasteiger partial charge in [0.25, 0.3) is 0 Å². The first-order valence-electron chi connectivity index (χ1n) is 6.85. The Morgan fingerprint density at radius 1 is 0.952 bits per heavy atom. The second kappa shape index (κ2) is 8.29. The minimum Gasteiger partial charge on any atom is -0.491 e. The van der Waals surface area contributed by atoms with Crippen molar-refractivity contribution in [2.24, 2.45) is 0 Å². The highest BCUT2D eigenvalue weighted by Crippen LogP contribution is 2.20. The summed E-state index contributed by atoms with van der Waals surface area (Å²) in [6.45, 7) is 0.747. The first kappa shape index (κ1) is 15.4. The second-order valence-electron chi connectivity index (χ2n) is 4.60. The molecule has 0 bridgehead atoms. The first-order valence-corrected chi connectivity index (χ1v) is 6.85. The highest BCUT2D eigenvalue weighted by molar-refractivity contribution is 5.33. The summed E-state index contributed by atoms with van der Waals surface area (Å²) in [5.74, 6) is 1.44. The Kier molecular flexibility index (Phi) is 6.06. The van der Waals surface area contributed by atoms with E-state index in [-0.39, 0.29) is 12.7 Å². The molecule has 21 heavy (non-hydrogen) atoms. The van der Waals surface area contributed by atoms with Gasteiger partial charge in [0.05, 0.1) is 6.61 Å². The normalized spacial score (nSPS) is 11.9. The summed E-state index contributed by atoms with van der Waals surface area (Å²) in [7, 11) is 1.55. The summed E-state index contributed by atoms with van der Waals surface area (Å²) in [5, 5.41) is 9.04. The molecule has 112 valence electrons. The van der Waals surface area contributed by atoms with Gasteiger partial charge in [-0.3, -0.25) is 0 Å². The van der Waals surface area contributed by atoms with Gasteiger partial charge in [-0.1, -0.05) is 36.4 Å². The van der Waals surface area contributed by atoms with Gasteiger partial charge in [-0.2, -0.15) is 0 Å². The van der Waals surface area contributed by atoms with Crippen molar-refractivity contribution in [1.82, 2.24) is 0 Å². The highest BCUT2D eigenvalue weighted by Gasteiger charge is 2.06. The molecule has 0 heterocycles. The molecular weight excluding hydrogens is 268 g/mol. The van der Waals surface area contributed by atoms with Crippen LogP contribution in [0.15, 0.2) is 54.6 Å². The minimum absolute atomic E-state index is 0.0688. The van der Waals surface area contributed by atoms with Gasteiger partial charge in [-0.25, -0.2) is 0 Å². The summed E-state index contributed by atoms with van der Waals surface area (Å²) in [6, 6.07) is 17.4. The molecule has 4 heteroatoms. The van der Waals surface area contributed by atoms with Crippen LogP contribution in [0.4, 0.5) is 0 Å². The van der Waals surface area contributed by atoms with Gasteiger partial charge in [-0.05, 0) is 17.7 Å². The molecule has 0 aliphatic heterocycles. The number of hydrogen-bond donors (Lipinski definition) is 1. The Morgan fingerprint density at radius 3 is 2.33 bits per heavy atom. The van der Waals surface area contributed by atoms with Crippen molar-refractivity contribution in [3.8, 4) is 11.5 Å². The average molecular weight is 288 g/mol. The van der Waals surface area contributed by atoms with Crippen molar-refractivity contribution < 1.29 is 19.3 Å². The van der Waals surface area contributed by atoms with Crippen molar-refractivity contribution >= 4 is 0 Å². The van der Waals surface area contributed by atoms with Crippen molar-refractivity contribution in [3.05, 3.63) is 60.2 Å². The van der Waals surface area contributed by atoms with E-state index in [0.717, 1.165) is 11.3 Å². The summed E-state index contributed by atoms with van der Waals surface area (Å²) in [4.78, 5) is 0. The molecule has 4 nitrogen and oxygen atoms in total. The number of methoxy groups -OCH3 is 1. The Hall–Kier alpha value is -2.04. The van der Waals surface area contributed by atoms with E-state index in [1.54, 1.807) is 7.11 Å². The lowest BCUT2D eigenvalue weighted by molar-refractivity contribution is 0.0163. The molecule has 0 spiro atoms. The van der Waals surface area contributed by atoms with E-state index in [1.165, 1.54) is 0 Å². The van der Waals surface area contributed by atoms with Gasteiger partial charge in [0.1, 0.15) is 30.8 Å². The van der Waals surface area contributed by atoms with E-state index in [1.807, 2.05) is 54.6 Å². The molecule has 0 amide bonds. The lowest BCUT2D eigenvalue weighted by Crippen LogP contribution is -2.24. The Bertz CT molecular complexity index is 523. The monoisotopic (exact) mass is 288 g/mol. The van der Waals surface area contributed by atoms with Crippen LogP contribution >= 0.6 is 0 Å². The third-order valence-corrected chi connectivity index (χ3v) is 3.03. The number of benzene rings is 2. The van der Waals surface area contributed by atoms with Crippen LogP contribution in [-0.4, -0.2) is 31.5 Å². The molecule has 0 aromatic heterocycles. The van der Waals surface area contributed by atoms with E-state index in [0.29, 0.717) is 19.0 Å². The zero-order valence-corrected chi connectivity index (χ0v) is 12.1. The van der Waals surface area contributed by atoms with Crippen LogP contribution in [0.1, 0.15) is 5.56 Å². The van der Waals surface area contributed by atoms with E-state index < -0.39 is 0 Å². The lowest BCUT2D eigenvalue weighted by atomic mass is 10.2. The van der Waals surface area contributed by atoms with Crippen molar-refractivity contribution in [2.45, 2.75) is 12.7 Å². The van der Waals surface area contributed by atoms with Crippen LogP contribution in [-0.2, 0) is 11.3 Å². The highest BCUT2D eigenvalue weighted by atomic mass is 16.5. The van der Waals surface area contributed by atoms with Gasteiger partial charge < -0.3 is 19.3 Å². The van der Waals surface area contributed by atoms with E-state index in [4.69, 9.17) is 19.3 Å². The maximum Gasteiger partial charge on any atom is 0.123 e. The lowest BCUT2D eigenvalue weighted by Gasteiger charge is -2.14. The molecule has 0 saturated heterocycles. The fraction of sp³-hybridized carbons (Fsp3) is 0.294. The summed E-state index contributed by atoms with van der Waals surface area (Å²) >= 11 is 0. The quantitative estimate of drug-likeness (QED) is 0.811. The maximum absolute atomic E-state index is 9.04. The third-order valence-electron chi connectivity index (χ3n) is 3.03. The molecule has 2 rings (SSSR count). The fourth-order valence-electron chi connectivity index (χ4n) is 1.78. The van der Waals surface area contributed by atoms with Crippen LogP contribution in [0.3, 0.4) is 0 Å². The second-order valence-corrected chi connectivity index (χ2v) is 4.60. The van der Waals surface area contributed by atoms with Gasteiger partial charge in [0, 0.05) is 13.2 Å². The largest absolute Gasteiger partial charge is 0.491 e. The molecule has 0 radical (unpaired) electrons. The predicted molar refractivity (Wildman–Crippen MR) is 80.6 cm³/mol. The molecule has 0 unspecified atom stereocenters. The van der Waals surface area contributed by atoms with Gasteiger partial charge in [0.15, 0.2) is 0 Å². The standard InChI is InChI=1S/C17H20O4/c1-19-17(11-18)13-21-16-9-5-8-15(10-16)20-12-14-6-3-2-4-7-14/h2-10,17-18H,11-13H2,1H3/t17-/m1/s1. The number of hydrogen-bond acceptors (Lipinski definition) is 4. The third kappa shape index (κ3) is 5.10. The molecule has 0 aliphatic carbocycles. The minimum atomic E-state index is -0.320. The topological polar surface area (TPSA) is 47.9 Å². The van der Waals surface area contributed by atoms with Crippen LogP contribution in [0.25, 0.3) is 0 Å². The van der Waals surface area contributed by atoms with Crippen LogP contribution in [0, 0.1) is 0 Å². The van der Waals surface area contributed by atoms with Crippen LogP contribution in [0.2, 0.25) is 0 Å². The number of ether oxygens (including phenoxy) is 3.